The largest absolute Gasteiger partial charge is 0.383 e. The van der Waals surface area contributed by atoms with Gasteiger partial charge in [0.1, 0.15) is 5.82 Å². The van der Waals surface area contributed by atoms with Crippen LogP contribution in [0, 0.1) is 5.82 Å². The van der Waals surface area contributed by atoms with E-state index in [0.717, 1.165) is 0 Å². The number of halogens is 1. The Morgan fingerprint density at radius 2 is 1.93 bits per heavy atom. The van der Waals surface area contributed by atoms with Crippen LogP contribution in [0.15, 0.2) is 24.3 Å². The van der Waals surface area contributed by atoms with Crippen LogP contribution < -0.4 is 5.32 Å². The van der Waals surface area contributed by atoms with Gasteiger partial charge in [0.15, 0.2) is 0 Å². The molecule has 1 aromatic carbocycles. The summed E-state index contributed by atoms with van der Waals surface area (Å²) in [7, 11) is 1.62. The van der Waals surface area contributed by atoms with Crippen molar-refractivity contribution in [3.63, 3.8) is 0 Å². The van der Waals surface area contributed by atoms with Crippen LogP contribution in [0.25, 0.3) is 0 Å². The molecular weight excluding hydrogens is 193 g/mol. The topological polar surface area (TPSA) is 21.3 Å². The third-order valence-electron chi connectivity index (χ3n) is 1.69. The second-order valence-electron chi connectivity index (χ2n) is 2.98. The highest BCUT2D eigenvalue weighted by Gasteiger charge is 2.04. The van der Waals surface area contributed by atoms with Crippen LogP contribution in [0.5, 0.6) is 0 Å². The van der Waals surface area contributed by atoms with E-state index in [0.29, 0.717) is 12.3 Å². The predicted molar refractivity (Wildman–Crippen MR) is 62.7 cm³/mol. The molecule has 0 aliphatic carbocycles. The average molecular weight is 213 g/mol. The molecule has 0 aromatic heterocycles. The van der Waals surface area contributed by atoms with Crippen LogP contribution in [-0.4, -0.2) is 19.8 Å². The number of benzene rings is 1. The molecule has 0 saturated heterocycles. The second-order valence-corrected chi connectivity index (χ2v) is 2.98. The quantitative estimate of drug-likeness (QED) is 0.828. The fourth-order valence-electron chi connectivity index (χ4n) is 1.14. The summed E-state index contributed by atoms with van der Waals surface area (Å²) < 4.78 is 18.0. The predicted octanol–water partition coefficient (Wildman–Crippen LogP) is 3.30. The van der Waals surface area contributed by atoms with E-state index in [1.165, 1.54) is 6.07 Å². The van der Waals surface area contributed by atoms with Crippen LogP contribution in [0.4, 0.5) is 10.1 Å². The zero-order chi connectivity index (χ0) is 11.7. The van der Waals surface area contributed by atoms with Gasteiger partial charge in [-0.25, -0.2) is 4.39 Å². The number of anilines is 1. The minimum absolute atomic E-state index is 0.113. The summed E-state index contributed by atoms with van der Waals surface area (Å²) in [6.07, 6.45) is 0. The van der Waals surface area contributed by atoms with Crippen LogP contribution >= 0.6 is 0 Å². The molecule has 0 heterocycles. The molecule has 0 bridgehead atoms. The number of rotatable bonds is 4. The van der Waals surface area contributed by atoms with Gasteiger partial charge in [0, 0.05) is 13.2 Å². The highest BCUT2D eigenvalue weighted by atomic mass is 19.1. The molecule has 1 rings (SSSR count). The van der Waals surface area contributed by atoms with Gasteiger partial charge in [-0.1, -0.05) is 26.0 Å². The molecule has 0 aliphatic rings. The van der Waals surface area contributed by atoms with Crippen molar-refractivity contribution >= 4 is 5.69 Å². The first kappa shape index (κ1) is 13.9. The molecule has 0 radical (unpaired) electrons. The summed E-state index contributed by atoms with van der Waals surface area (Å²) in [6.45, 7) is 6.50. The zero-order valence-electron chi connectivity index (χ0n) is 9.88. The van der Waals surface area contributed by atoms with Crippen LogP contribution in [0.1, 0.15) is 20.8 Å². The Morgan fingerprint density at radius 3 is 2.47 bits per heavy atom. The molecular formula is C12H20FNO. The van der Waals surface area contributed by atoms with Crippen molar-refractivity contribution in [2.75, 3.05) is 19.0 Å². The van der Waals surface area contributed by atoms with E-state index in [4.69, 9.17) is 4.74 Å². The van der Waals surface area contributed by atoms with Crippen molar-refractivity contribution < 1.29 is 9.13 Å². The van der Waals surface area contributed by atoms with Gasteiger partial charge in [0.05, 0.1) is 12.3 Å². The van der Waals surface area contributed by atoms with Gasteiger partial charge in [0.2, 0.25) is 0 Å². The number of hydrogen-bond acceptors (Lipinski definition) is 2. The highest BCUT2D eigenvalue weighted by Crippen LogP contribution is 2.13. The summed E-state index contributed by atoms with van der Waals surface area (Å²) in [4.78, 5) is 0. The standard InChI is InChI=1S/C10H14FNO.C2H6/c1-8(7-13-2)12-10-6-4-3-5-9(10)11;1-2/h3-6,8,12H,7H2,1-2H3;1-2H3. The number of para-hydroxylation sites is 1. The van der Waals surface area contributed by atoms with Gasteiger partial charge in [-0.15, -0.1) is 0 Å². The summed E-state index contributed by atoms with van der Waals surface area (Å²) in [5.74, 6) is -0.231. The molecule has 1 unspecified atom stereocenters. The lowest BCUT2D eigenvalue weighted by Gasteiger charge is -2.14. The lowest BCUT2D eigenvalue weighted by molar-refractivity contribution is 0.190. The van der Waals surface area contributed by atoms with Crippen molar-refractivity contribution in [1.29, 1.82) is 0 Å². The van der Waals surface area contributed by atoms with E-state index in [1.54, 1.807) is 25.3 Å². The number of ether oxygens (including phenoxy) is 1. The number of methoxy groups -OCH3 is 1. The van der Waals surface area contributed by atoms with Gasteiger partial charge in [-0.2, -0.15) is 0 Å². The Kier molecular flexibility index (Phi) is 7.64. The molecule has 86 valence electrons. The lowest BCUT2D eigenvalue weighted by Crippen LogP contribution is -2.21. The maximum Gasteiger partial charge on any atom is 0.146 e. The number of hydrogen-bond donors (Lipinski definition) is 1. The summed E-state index contributed by atoms with van der Waals surface area (Å²) >= 11 is 0. The van der Waals surface area contributed by atoms with E-state index < -0.39 is 0 Å². The Hall–Kier alpha value is -1.09. The Bertz CT molecular complexity index is 266. The summed E-state index contributed by atoms with van der Waals surface area (Å²) in [6, 6.07) is 6.72. The fourth-order valence-corrected chi connectivity index (χ4v) is 1.14. The molecule has 0 fully saturated rings. The first-order chi connectivity index (χ1) is 7.24. The maximum absolute atomic E-state index is 13.1. The molecule has 0 saturated carbocycles. The van der Waals surface area contributed by atoms with E-state index in [2.05, 4.69) is 5.32 Å². The molecule has 2 nitrogen and oxygen atoms in total. The molecule has 1 atom stereocenters. The Labute approximate surface area is 91.5 Å². The first-order valence-electron chi connectivity index (χ1n) is 5.24. The van der Waals surface area contributed by atoms with Gasteiger partial charge in [-0.3, -0.25) is 0 Å². The minimum atomic E-state index is -0.231. The highest BCUT2D eigenvalue weighted by molar-refractivity contribution is 5.44. The van der Waals surface area contributed by atoms with Gasteiger partial charge < -0.3 is 10.1 Å². The Morgan fingerprint density at radius 1 is 1.33 bits per heavy atom. The van der Waals surface area contributed by atoms with Gasteiger partial charge in [-0.05, 0) is 19.1 Å². The smallest absolute Gasteiger partial charge is 0.146 e. The van der Waals surface area contributed by atoms with Crippen LogP contribution in [0.2, 0.25) is 0 Å². The van der Waals surface area contributed by atoms with E-state index in [-0.39, 0.29) is 11.9 Å². The minimum Gasteiger partial charge on any atom is -0.383 e. The zero-order valence-corrected chi connectivity index (χ0v) is 9.88. The van der Waals surface area contributed by atoms with Crippen LogP contribution in [0.3, 0.4) is 0 Å². The first-order valence-corrected chi connectivity index (χ1v) is 5.24. The van der Waals surface area contributed by atoms with Crippen molar-refractivity contribution in [2.45, 2.75) is 26.8 Å². The third-order valence-corrected chi connectivity index (χ3v) is 1.69. The maximum atomic E-state index is 13.1. The van der Waals surface area contributed by atoms with E-state index >= 15 is 0 Å². The lowest BCUT2D eigenvalue weighted by atomic mass is 10.2. The Balaban J connectivity index is 0.000000921. The molecule has 1 aromatic rings. The van der Waals surface area contributed by atoms with Crippen molar-refractivity contribution in [1.82, 2.24) is 0 Å². The molecule has 0 aliphatic heterocycles. The van der Waals surface area contributed by atoms with Crippen molar-refractivity contribution in [2.24, 2.45) is 0 Å². The normalized spacial score (nSPS) is 11.3. The average Bonchev–Trinajstić information content (AvgIpc) is 2.25. The van der Waals surface area contributed by atoms with Crippen molar-refractivity contribution in [3.05, 3.63) is 30.1 Å². The molecule has 1 N–H and O–H groups in total. The van der Waals surface area contributed by atoms with Crippen LogP contribution in [-0.2, 0) is 4.74 Å². The third kappa shape index (κ3) is 5.37. The summed E-state index contributed by atoms with van der Waals surface area (Å²) in [5.41, 5.74) is 0.520. The molecule has 15 heavy (non-hydrogen) atoms. The summed E-state index contributed by atoms with van der Waals surface area (Å²) in [5, 5.41) is 3.01. The van der Waals surface area contributed by atoms with E-state index in [1.807, 2.05) is 20.8 Å². The van der Waals surface area contributed by atoms with Crippen molar-refractivity contribution in [3.8, 4) is 0 Å². The SMILES string of the molecule is CC.COCC(C)Nc1ccccc1F. The number of nitrogens with one attached hydrogen (secondary N) is 1. The molecule has 3 heteroatoms. The van der Waals surface area contributed by atoms with Gasteiger partial charge in [0.25, 0.3) is 0 Å². The second kappa shape index (κ2) is 8.24. The van der Waals surface area contributed by atoms with E-state index in [9.17, 15) is 4.39 Å². The monoisotopic (exact) mass is 213 g/mol. The van der Waals surface area contributed by atoms with Gasteiger partial charge >= 0.3 is 0 Å². The molecule has 0 spiro atoms. The fraction of sp³-hybridized carbons (Fsp3) is 0.500. The molecule has 0 amide bonds.